The lowest BCUT2D eigenvalue weighted by molar-refractivity contribution is 0.136. The molecule has 0 spiro atoms. The topological polar surface area (TPSA) is 49.2 Å². The maximum atomic E-state index is 9.74. The molecule has 1 saturated heterocycles. The van der Waals surface area contributed by atoms with Crippen molar-refractivity contribution in [3.05, 3.63) is 16.2 Å². The minimum Gasteiger partial charge on any atom is -0.393 e. The number of hydrogen-bond acceptors (Lipinski definition) is 5. The predicted molar refractivity (Wildman–Crippen MR) is 83.8 cm³/mol. The molecule has 2 atom stereocenters. The van der Waals surface area contributed by atoms with E-state index < -0.39 is 0 Å². The highest BCUT2D eigenvalue weighted by molar-refractivity contribution is 7.18. The second-order valence-corrected chi connectivity index (χ2v) is 6.79. The molecular formula is C14H18ClN3OS. The molecule has 0 amide bonds. The van der Waals surface area contributed by atoms with Gasteiger partial charge in [-0.3, -0.25) is 0 Å². The van der Waals surface area contributed by atoms with E-state index in [1.54, 1.807) is 11.3 Å². The van der Waals surface area contributed by atoms with Crippen molar-refractivity contribution in [2.75, 3.05) is 18.0 Å². The molecule has 6 heteroatoms. The first-order valence-corrected chi connectivity index (χ1v) is 8.17. The van der Waals surface area contributed by atoms with Crippen LogP contribution in [0.15, 0.2) is 6.07 Å². The standard InChI is InChI=1S/C14H18ClN3OS/c1-3-10-6-11-12(16-14(15)17-13(11)20-10)18-5-4-9(7-18)8(2)19/h6,8-9,19H,3-5,7H2,1-2H3. The van der Waals surface area contributed by atoms with Gasteiger partial charge in [-0.15, -0.1) is 11.3 Å². The number of hydrogen-bond donors (Lipinski definition) is 1. The van der Waals surface area contributed by atoms with Gasteiger partial charge in [0.05, 0.1) is 11.5 Å². The van der Waals surface area contributed by atoms with Crippen LogP contribution in [-0.4, -0.2) is 34.3 Å². The van der Waals surface area contributed by atoms with Crippen molar-refractivity contribution in [3.63, 3.8) is 0 Å². The zero-order valence-electron chi connectivity index (χ0n) is 11.6. The minimum absolute atomic E-state index is 0.276. The van der Waals surface area contributed by atoms with Crippen molar-refractivity contribution < 1.29 is 5.11 Å². The Kier molecular flexibility index (Phi) is 3.84. The van der Waals surface area contributed by atoms with E-state index in [1.807, 2.05) is 6.92 Å². The Morgan fingerprint density at radius 2 is 2.35 bits per heavy atom. The van der Waals surface area contributed by atoms with Gasteiger partial charge >= 0.3 is 0 Å². The summed E-state index contributed by atoms with van der Waals surface area (Å²) in [6.07, 6.45) is 1.71. The van der Waals surface area contributed by atoms with Crippen LogP contribution in [0.5, 0.6) is 0 Å². The molecule has 108 valence electrons. The van der Waals surface area contributed by atoms with Gasteiger partial charge in [-0.1, -0.05) is 6.92 Å². The number of nitrogens with zero attached hydrogens (tertiary/aromatic N) is 3. The molecule has 0 aromatic carbocycles. The Balaban J connectivity index is 2.00. The van der Waals surface area contributed by atoms with E-state index in [0.29, 0.717) is 11.2 Å². The second kappa shape index (κ2) is 5.47. The summed E-state index contributed by atoms with van der Waals surface area (Å²) in [4.78, 5) is 13.2. The maximum Gasteiger partial charge on any atom is 0.225 e. The molecule has 0 radical (unpaired) electrons. The number of halogens is 1. The van der Waals surface area contributed by atoms with E-state index in [-0.39, 0.29) is 6.10 Å². The van der Waals surface area contributed by atoms with Gasteiger partial charge in [-0.25, -0.2) is 4.98 Å². The van der Waals surface area contributed by atoms with Crippen molar-refractivity contribution in [2.24, 2.45) is 5.92 Å². The lowest BCUT2D eigenvalue weighted by atomic mass is 10.0. The minimum atomic E-state index is -0.276. The van der Waals surface area contributed by atoms with Crippen molar-refractivity contribution in [2.45, 2.75) is 32.8 Å². The van der Waals surface area contributed by atoms with Crippen molar-refractivity contribution in [3.8, 4) is 0 Å². The zero-order chi connectivity index (χ0) is 14.3. The normalized spacial score (nSPS) is 20.8. The molecule has 2 unspecified atom stereocenters. The third-order valence-electron chi connectivity index (χ3n) is 3.95. The Morgan fingerprint density at radius 1 is 1.55 bits per heavy atom. The van der Waals surface area contributed by atoms with Gasteiger partial charge in [0, 0.05) is 23.9 Å². The molecule has 1 N–H and O–H groups in total. The predicted octanol–water partition coefficient (Wildman–Crippen LogP) is 3.11. The van der Waals surface area contributed by atoms with Gasteiger partial charge in [0.15, 0.2) is 0 Å². The van der Waals surface area contributed by atoms with E-state index in [1.165, 1.54) is 4.88 Å². The Bertz CT molecular complexity index is 628. The van der Waals surface area contributed by atoms with Crippen LogP contribution >= 0.6 is 22.9 Å². The summed E-state index contributed by atoms with van der Waals surface area (Å²) in [5.74, 6) is 1.22. The highest BCUT2D eigenvalue weighted by Crippen LogP contribution is 2.35. The summed E-state index contributed by atoms with van der Waals surface area (Å²) < 4.78 is 0. The van der Waals surface area contributed by atoms with E-state index in [2.05, 4.69) is 27.9 Å². The second-order valence-electron chi connectivity index (χ2n) is 5.34. The summed E-state index contributed by atoms with van der Waals surface area (Å²) in [7, 11) is 0. The fourth-order valence-corrected chi connectivity index (χ4v) is 3.90. The highest BCUT2D eigenvalue weighted by atomic mass is 35.5. The average Bonchev–Trinajstić information content (AvgIpc) is 3.03. The largest absolute Gasteiger partial charge is 0.393 e. The Labute approximate surface area is 127 Å². The first-order valence-electron chi connectivity index (χ1n) is 6.97. The summed E-state index contributed by atoms with van der Waals surface area (Å²) in [5.41, 5.74) is 0. The molecule has 0 saturated carbocycles. The maximum absolute atomic E-state index is 9.74. The number of fused-ring (bicyclic) bond motifs is 1. The van der Waals surface area contributed by atoms with Crippen LogP contribution in [-0.2, 0) is 6.42 Å². The molecule has 4 nitrogen and oxygen atoms in total. The van der Waals surface area contributed by atoms with E-state index >= 15 is 0 Å². The lowest BCUT2D eigenvalue weighted by Gasteiger charge is -2.19. The fraction of sp³-hybridized carbons (Fsp3) is 0.571. The molecule has 2 aromatic rings. The monoisotopic (exact) mass is 311 g/mol. The molecule has 1 aliphatic rings. The highest BCUT2D eigenvalue weighted by Gasteiger charge is 2.28. The van der Waals surface area contributed by atoms with Crippen molar-refractivity contribution in [1.29, 1.82) is 0 Å². The van der Waals surface area contributed by atoms with Gasteiger partial charge < -0.3 is 10.0 Å². The van der Waals surface area contributed by atoms with Crippen LogP contribution in [0.25, 0.3) is 10.2 Å². The number of rotatable bonds is 3. The number of thiophene rings is 1. The van der Waals surface area contributed by atoms with Crippen LogP contribution in [0.4, 0.5) is 5.82 Å². The lowest BCUT2D eigenvalue weighted by Crippen LogP contribution is -2.24. The van der Waals surface area contributed by atoms with Gasteiger partial charge in [-0.05, 0) is 37.4 Å². The number of aryl methyl sites for hydroxylation is 1. The van der Waals surface area contributed by atoms with Gasteiger partial charge in [0.25, 0.3) is 0 Å². The fourth-order valence-electron chi connectivity index (χ4n) is 2.72. The van der Waals surface area contributed by atoms with E-state index in [9.17, 15) is 5.11 Å². The quantitative estimate of drug-likeness (QED) is 0.885. The van der Waals surface area contributed by atoms with Gasteiger partial charge in [-0.2, -0.15) is 4.98 Å². The van der Waals surface area contributed by atoms with Crippen molar-refractivity contribution in [1.82, 2.24) is 9.97 Å². The van der Waals surface area contributed by atoms with Crippen LogP contribution < -0.4 is 4.90 Å². The SMILES string of the molecule is CCc1cc2c(N3CCC(C(C)O)C3)nc(Cl)nc2s1. The van der Waals surface area contributed by atoms with E-state index in [0.717, 1.165) is 42.0 Å². The van der Waals surface area contributed by atoms with E-state index in [4.69, 9.17) is 11.6 Å². The molecule has 1 aliphatic heterocycles. The third-order valence-corrected chi connectivity index (χ3v) is 5.29. The third kappa shape index (κ3) is 2.50. The number of aromatic nitrogens is 2. The smallest absolute Gasteiger partial charge is 0.225 e. The summed E-state index contributed by atoms with van der Waals surface area (Å²) in [6, 6.07) is 2.17. The molecular weight excluding hydrogens is 294 g/mol. The Hall–Kier alpha value is -0.910. The van der Waals surface area contributed by atoms with Crippen LogP contribution in [0.3, 0.4) is 0 Å². The number of aliphatic hydroxyl groups excluding tert-OH is 1. The summed E-state index contributed by atoms with van der Waals surface area (Å²) in [6.45, 7) is 5.74. The summed E-state index contributed by atoms with van der Waals surface area (Å²) >= 11 is 7.74. The molecule has 0 bridgehead atoms. The van der Waals surface area contributed by atoms with Gasteiger partial charge in [0.2, 0.25) is 5.28 Å². The van der Waals surface area contributed by atoms with Crippen molar-refractivity contribution >= 4 is 39.0 Å². The summed E-state index contributed by atoms with van der Waals surface area (Å²) in [5, 5.41) is 11.1. The average molecular weight is 312 g/mol. The number of aliphatic hydroxyl groups is 1. The first-order chi connectivity index (χ1) is 9.58. The molecule has 0 aliphatic carbocycles. The van der Waals surface area contributed by atoms with Crippen LogP contribution in [0.1, 0.15) is 25.1 Å². The molecule has 1 fully saturated rings. The van der Waals surface area contributed by atoms with Gasteiger partial charge in [0.1, 0.15) is 10.6 Å². The van der Waals surface area contributed by atoms with Crippen LogP contribution in [0.2, 0.25) is 5.28 Å². The zero-order valence-corrected chi connectivity index (χ0v) is 13.2. The molecule has 3 rings (SSSR count). The number of anilines is 1. The van der Waals surface area contributed by atoms with Crippen LogP contribution in [0, 0.1) is 5.92 Å². The first kappa shape index (κ1) is 14.0. The molecule has 3 heterocycles. The Morgan fingerprint density at radius 3 is 3.00 bits per heavy atom. The molecule has 2 aromatic heterocycles. The molecule has 20 heavy (non-hydrogen) atoms.